The molecule has 2 heterocycles. The van der Waals surface area contributed by atoms with Gasteiger partial charge in [-0.2, -0.15) is 0 Å². The Morgan fingerprint density at radius 1 is 1.00 bits per heavy atom. The van der Waals surface area contributed by atoms with Gasteiger partial charge in [0.05, 0.1) is 19.2 Å². The van der Waals surface area contributed by atoms with Gasteiger partial charge in [-0.15, -0.1) is 0 Å². The molecular weight excluding hydrogens is 465 g/mol. The molecule has 0 atom stereocenters. The quantitative estimate of drug-likeness (QED) is 0.349. The van der Waals surface area contributed by atoms with Crippen molar-refractivity contribution in [3.8, 4) is 5.75 Å². The molecule has 5 rings (SSSR count). The summed E-state index contributed by atoms with van der Waals surface area (Å²) >= 11 is 0. The summed E-state index contributed by atoms with van der Waals surface area (Å²) in [5.74, 6) is 1.28. The lowest BCUT2D eigenvalue weighted by molar-refractivity contribution is 0.0856. The zero-order valence-electron chi connectivity index (χ0n) is 21.9. The number of nitrogens with two attached hydrogens (primary N) is 1. The second-order valence-electron chi connectivity index (χ2n) is 10.3. The standard InChI is InChI=1S/C30H38FN5O/c1-22(20-30(32)33-21-23-6-12-26(37-2)13-7-23)34-16-18-35(19-17-34)24-8-10-25(11-9-24)36-15-14-27-28(31)4-3-5-29(27)36/h3-7,12-15,20,24-25H,8-11,16-19,21H2,1-2H3,(H2,32,33)/b22-20+. The molecule has 1 aliphatic carbocycles. The van der Waals surface area contributed by atoms with Crippen LogP contribution in [0.3, 0.4) is 0 Å². The van der Waals surface area contributed by atoms with Crippen molar-refractivity contribution < 1.29 is 9.13 Å². The van der Waals surface area contributed by atoms with Crippen LogP contribution in [0.4, 0.5) is 4.39 Å². The monoisotopic (exact) mass is 503 g/mol. The van der Waals surface area contributed by atoms with Crippen molar-refractivity contribution in [2.24, 2.45) is 10.7 Å². The average molecular weight is 504 g/mol. The predicted octanol–water partition coefficient (Wildman–Crippen LogP) is 5.35. The fourth-order valence-electron chi connectivity index (χ4n) is 5.88. The lowest BCUT2D eigenvalue weighted by Crippen LogP contribution is -2.50. The van der Waals surface area contributed by atoms with Crippen LogP contribution in [-0.4, -0.2) is 59.5 Å². The second kappa shape index (κ2) is 11.4. The zero-order valence-corrected chi connectivity index (χ0v) is 21.9. The molecule has 1 saturated carbocycles. The molecule has 2 N–H and O–H groups in total. The molecule has 0 unspecified atom stereocenters. The minimum Gasteiger partial charge on any atom is -0.497 e. The number of aliphatic imine (C=N–C) groups is 1. The highest BCUT2D eigenvalue weighted by Gasteiger charge is 2.29. The third kappa shape index (κ3) is 5.82. The summed E-state index contributed by atoms with van der Waals surface area (Å²) in [5, 5.41) is 0.732. The molecule has 3 aromatic rings. The molecule has 7 heteroatoms. The molecule has 1 aliphatic heterocycles. The summed E-state index contributed by atoms with van der Waals surface area (Å²) in [6.45, 7) is 6.85. The normalized spacial score (nSPS) is 22.0. The Labute approximate surface area is 219 Å². The first kappa shape index (κ1) is 25.3. The van der Waals surface area contributed by atoms with Crippen molar-refractivity contribution in [3.05, 3.63) is 77.9 Å². The molecular formula is C30H38FN5O. The van der Waals surface area contributed by atoms with Crippen LogP contribution in [0, 0.1) is 5.82 Å². The Balaban J connectivity index is 1.10. The van der Waals surface area contributed by atoms with E-state index in [9.17, 15) is 4.39 Å². The average Bonchev–Trinajstić information content (AvgIpc) is 3.38. The minimum absolute atomic E-state index is 0.127. The van der Waals surface area contributed by atoms with Crippen LogP contribution in [0.25, 0.3) is 10.9 Å². The van der Waals surface area contributed by atoms with Crippen LogP contribution >= 0.6 is 0 Å². The zero-order chi connectivity index (χ0) is 25.8. The van der Waals surface area contributed by atoms with Gasteiger partial charge in [-0.1, -0.05) is 18.2 Å². The van der Waals surface area contributed by atoms with Crippen LogP contribution in [0.2, 0.25) is 0 Å². The molecule has 196 valence electrons. The van der Waals surface area contributed by atoms with Gasteiger partial charge < -0.3 is 19.9 Å². The van der Waals surface area contributed by atoms with Gasteiger partial charge in [-0.25, -0.2) is 4.39 Å². The van der Waals surface area contributed by atoms with Gasteiger partial charge in [0.25, 0.3) is 0 Å². The number of ether oxygens (including phenoxy) is 1. The van der Waals surface area contributed by atoms with E-state index >= 15 is 0 Å². The molecule has 0 amide bonds. The summed E-state index contributed by atoms with van der Waals surface area (Å²) in [5.41, 5.74) is 9.51. The van der Waals surface area contributed by atoms with E-state index in [4.69, 9.17) is 10.5 Å². The number of allylic oxidation sites excluding steroid dienone is 1. The molecule has 1 aromatic heterocycles. The fourth-order valence-corrected chi connectivity index (χ4v) is 5.88. The highest BCUT2D eigenvalue weighted by Crippen LogP contribution is 2.34. The third-order valence-corrected chi connectivity index (χ3v) is 8.06. The van der Waals surface area contributed by atoms with Crippen molar-refractivity contribution in [1.82, 2.24) is 14.4 Å². The van der Waals surface area contributed by atoms with Crippen LogP contribution in [0.15, 0.2) is 71.5 Å². The molecule has 2 aromatic carbocycles. The first-order valence-electron chi connectivity index (χ1n) is 13.4. The largest absolute Gasteiger partial charge is 0.497 e. The van der Waals surface area contributed by atoms with E-state index in [2.05, 4.69) is 32.5 Å². The minimum atomic E-state index is -0.127. The highest BCUT2D eigenvalue weighted by atomic mass is 19.1. The number of hydrogen-bond donors (Lipinski definition) is 1. The molecule has 1 saturated heterocycles. The van der Waals surface area contributed by atoms with Crippen molar-refractivity contribution in [1.29, 1.82) is 0 Å². The Morgan fingerprint density at radius 2 is 1.70 bits per heavy atom. The maximum Gasteiger partial charge on any atom is 0.132 e. The van der Waals surface area contributed by atoms with Gasteiger partial charge in [-0.3, -0.25) is 9.89 Å². The van der Waals surface area contributed by atoms with E-state index in [1.54, 1.807) is 13.2 Å². The predicted molar refractivity (Wildman–Crippen MR) is 148 cm³/mol. The topological polar surface area (TPSA) is 59.0 Å². The number of fused-ring (bicyclic) bond motifs is 1. The number of benzene rings is 2. The van der Waals surface area contributed by atoms with Gasteiger partial charge in [0.1, 0.15) is 17.4 Å². The highest BCUT2D eigenvalue weighted by molar-refractivity contribution is 5.91. The molecule has 0 spiro atoms. The van der Waals surface area contributed by atoms with E-state index in [-0.39, 0.29) is 5.82 Å². The van der Waals surface area contributed by atoms with E-state index in [1.807, 2.05) is 48.5 Å². The summed E-state index contributed by atoms with van der Waals surface area (Å²) in [6.07, 6.45) is 8.74. The Hall–Kier alpha value is -3.32. The van der Waals surface area contributed by atoms with Gasteiger partial charge in [0.15, 0.2) is 0 Å². The van der Waals surface area contributed by atoms with Crippen molar-refractivity contribution in [3.63, 3.8) is 0 Å². The fraction of sp³-hybridized carbons (Fsp3) is 0.433. The van der Waals surface area contributed by atoms with Crippen molar-refractivity contribution in [2.75, 3.05) is 33.3 Å². The molecule has 2 fully saturated rings. The number of amidine groups is 1. The van der Waals surface area contributed by atoms with E-state index in [0.29, 0.717) is 24.5 Å². The number of nitrogens with zero attached hydrogens (tertiary/aromatic N) is 4. The molecule has 0 bridgehead atoms. The van der Waals surface area contributed by atoms with E-state index in [0.717, 1.165) is 61.2 Å². The van der Waals surface area contributed by atoms with Gasteiger partial charge >= 0.3 is 0 Å². The third-order valence-electron chi connectivity index (χ3n) is 8.06. The summed E-state index contributed by atoms with van der Waals surface area (Å²) in [6, 6.07) is 16.3. The van der Waals surface area contributed by atoms with Gasteiger partial charge in [0.2, 0.25) is 0 Å². The number of hydrogen-bond acceptors (Lipinski definition) is 4. The number of piperazine rings is 1. The Bertz CT molecular complexity index is 1250. The van der Waals surface area contributed by atoms with Gasteiger partial charge in [-0.05, 0) is 74.6 Å². The number of methoxy groups -OCH3 is 1. The van der Waals surface area contributed by atoms with Crippen molar-refractivity contribution >= 4 is 16.7 Å². The second-order valence-corrected chi connectivity index (χ2v) is 10.3. The Kier molecular flexibility index (Phi) is 7.79. The smallest absolute Gasteiger partial charge is 0.132 e. The van der Waals surface area contributed by atoms with E-state index in [1.165, 1.54) is 18.5 Å². The first-order chi connectivity index (χ1) is 18.0. The summed E-state index contributed by atoms with van der Waals surface area (Å²) < 4.78 is 21.6. The van der Waals surface area contributed by atoms with E-state index < -0.39 is 0 Å². The van der Waals surface area contributed by atoms with Crippen LogP contribution < -0.4 is 10.5 Å². The summed E-state index contributed by atoms with van der Waals surface area (Å²) in [7, 11) is 1.67. The number of aromatic nitrogens is 1. The maximum atomic E-state index is 14.1. The SMILES string of the molecule is COc1ccc(CN=C(N)/C=C(\C)N2CCN(C3CCC(n4ccc5c(F)cccc54)CC3)CC2)cc1. The first-order valence-corrected chi connectivity index (χ1v) is 13.4. The lowest BCUT2D eigenvalue weighted by Gasteiger charge is -2.43. The molecule has 6 nitrogen and oxygen atoms in total. The molecule has 2 aliphatic rings. The number of halogens is 1. The molecule has 37 heavy (non-hydrogen) atoms. The number of rotatable bonds is 7. The maximum absolute atomic E-state index is 14.1. The summed E-state index contributed by atoms with van der Waals surface area (Å²) in [4.78, 5) is 9.62. The lowest BCUT2D eigenvalue weighted by atomic mass is 9.89. The Morgan fingerprint density at radius 3 is 2.41 bits per heavy atom. The van der Waals surface area contributed by atoms with Crippen LogP contribution in [0.5, 0.6) is 5.75 Å². The van der Waals surface area contributed by atoms with Crippen LogP contribution in [0.1, 0.15) is 44.2 Å². The van der Waals surface area contributed by atoms with Gasteiger partial charge in [0, 0.05) is 55.5 Å². The molecule has 0 radical (unpaired) electrons. The van der Waals surface area contributed by atoms with Crippen molar-refractivity contribution in [2.45, 2.75) is 51.2 Å². The van der Waals surface area contributed by atoms with Crippen LogP contribution in [-0.2, 0) is 6.54 Å².